The van der Waals surface area contributed by atoms with Gasteiger partial charge in [0, 0.05) is 20.0 Å². The van der Waals surface area contributed by atoms with Gasteiger partial charge >= 0.3 is 5.97 Å². The molecular formula is C13H17NO3. The fraction of sp³-hybridized carbons (Fsp3) is 0.462. The van der Waals surface area contributed by atoms with Crippen LogP contribution in [0.1, 0.15) is 12.5 Å². The van der Waals surface area contributed by atoms with Gasteiger partial charge in [-0.25, -0.2) is 0 Å². The standard InChI is InChI=1S/C13H17NO3/c1-10(15)17-9-12-8-14(12)7-11-3-5-13(16-2)6-4-11/h3-6,12H,7-9H2,1-2H3. The van der Waals surface area contributed by atoms with E-state index in [-0.39, 0.29) is 5.97 Å². The van der Waals surface area contributed by atoms with Gasteiger partial charge in [0.15, 0.2) is 0 Å². The molecule has 1 fully saturated rings. The van der Waals surface area contributed by atoms with Gasteiger partial charge in [-0.05, 0) is 17.7 Å². The third-order valence-corrected chi connectivity index (χ3v) is 2.85. The smallest absolute Gasteiger partial charge is 0.302 e. The molecule has 1 saturated heterocycles. The molecule has 0 bridgehead atoms. The molecule has 1 heterocycles. The SMILES string of the molecule is COc1ccc(CN2CC2COC(C)=O)cc1. The van der Waals surface area contributed by atoms with Crippen LogP contribution >= 0.6 is 0 Å². The summed E-state index contributed by atoms with van der Waals surface area (Å²) in [5, 5.41) is 0. The zero-order chi connectivity index (χ0) is 12.3. The van der Waals surface area contributed by atoms with E-state index in [2.05, 4.69) is 17.0 Å². The molecule has 4 nitrogen and oxygen atoms in total. The summed E-state index contributed by atoms with van der Waals surface area (Å²) >= 11 is 0. The molecule has 2 atom stereocenters. The predicted octanol–water partition coefficient (Wildman–Crippen LogP) is 1.44. The van der Waals surface area contributed by atoms with Crippen LogP contribution in [0.3, 0.4) is 0 Å². The summed E-state index contributed by atoms with van der Waals surface area (Å²) in [5.74, 6) is 0.664. The molecule has 0 aromatic heterocycles. The fourth-order valence-corrected chi connectivity index (χ4v) is 1.75. The van der Waals surface area contributed by atoms with Crippen LogP contribution in [0.2, 0.25) is 0 Å². The lowest BCUT2D eigenvalue weighted by molar-refractivity contribution is -0.141. The quantitative estimate of drug-likeness (QED) is 0.572. The average Bonchev–Trinajstić information content (AvgIpc) is 3.06. The van der Waals surface area contributed by atoms with Crippen molar-refractivity contribution in [3.05, 3.63) is 29.8 Å². The van der Waals surface area contributed by atoms with Crippen molar-refractivity contribution < 1.29 is 14.3 Å². The minimum absolute atomic E-state index is 0.207. The second-order valence-corrected chi connectivity index (χ2v) is 4.23. The van der Waals surface area contributed by atoms with E-state index in [1.54, 1.807) is 7.11 Å². The summed E-state index contributed by atoms with van der Waals surface area (Å²) < 4.78 is 10.1. The number of benzene rings is 1. The largest absolute Gasteiger partial charge is 0.497 e. The Morgan fingerprint density at radius 1 is 1.41 bits per heavy atom. The van der Waals surface area contributed by atoms with E-state index in [9.17, 15) is 4.79 Å². The first-order valence-corrected chi connectivity index (χ1v) is 5.69. The number of ether oxygens (including phenoxy) is 2. The highest BCUT2D eigenvalue weighted by Crippen LogP contribution is 2.22. The van der Waals surface area contributed by atoms with Crippen LogP contribution in [0.4, 0.5) is 0 Å². The monoisotopic (exact) mass is 235 g/mol. The molecule has 1 aliphatic rings. The maximum Gasteiger partial charge on any atom is 0.302 e. The first-order chi connectivity index (χ1) is 8.19. The van der Waals surface area contributed by atoms with Crippen LogP contribution in [-0.4, -0.2) is 37.2 Å². The van der Waals surface area contributed by atoms with E-state index < -0.39 is 0 Å². The van der Waals surface area contributed by atoms with Crippen molar-refractivity contribution in [1.82, 2.24) is 4.90 Å². The van der Waals surface area contributed by atoms with Crippen molar-refractivity contribution >= 4 is 5.97 Å². The third-order valence-electron chi connectivity index (χ3n) is 2.85. The molecule has 1 aliphatic heterocycles. The Kier molecular flexibility index (Phi) is 3.64. The Morgan fingerprint density at radius 3 is 2.71 bits per heavy atom. The van der Waals surface area contributed by atoms with Crippen LogP contribution in [0.25, 0.3) is 0 Å². The van der Waals surface area contributed by atoms with E-state index in [4.69, 9.17) is 9.47 Å². The Hall–Kier alpha value is -1.55. The molecule has 0 radical (unpaired) electrons. The second kappa shape index (κ2) is 5.19. The highest BCUT2D eigenvalue weighted by Gasteiger charge is 2.34. The highest BCUT2D eigenvalue weighted by atomic mass is 16.5. The van der Waals surface area contributed by atoms with Gasteiger partial charge in [-0.3, -0.25) is 9.69 Å². The lowest BCUT2D eigenvalue weighted by atomic mass is 10.2. The van der Waals surface area contributed by atoms with Gasteiger partial charge in [0.25, 0.3) is 0 Å². The Labute approximate surface area is 101 Å². The van der Waals surface area contributed by atoms with Gasteiger partial charge in [-0.15, -0.1) is 0 Å². The highest BCUT2D eigenvalue weighted by molar-refractivity contribution is 5.65. The fourth-order valence-electron chi connectivity index (χ4n) is 1.75. The normalized spacial score (nSPS) is 22.0. The van der Waals surface area contributed by atoms with Crippen LogP contribution in [0.5, 0.6) is 5.75 Å². The number of esters is 1. The predicted molar refractivity (Wildman–Crippen MR) is 63.8 cm³/mol. The number of hydrogen-bond donors (Lipinski definition) is 0. The molecule has 0 aliphatic carbocycles. The molecule has 0 spiro atoms. The number of carbonyl (C=O) groups excluding carboxylic acids is 1. The minimum atomic E-state index is -0.207. The van der Waals surface area contributed by atoms with Crippen LogP contribution < -0.4 is 4.74 Å². The molecule has 0 N–H and O–H groups in total. The number of carbonyl (C=O) groups is 1. The van der Waals surface area contributed by atoms with Crippen molar-refractivity contribution in [3.63, 3.8) is 0 Å². The van der Waals surface area contributed by atoms with Gasteiger partial charge in [0.05, 0.1) is 13.2 Å². The molecule has 92 valence electrons. The lowest BCUT2D eigenvalue weighted by Gasteiger charge is -2.05. The van der Waals surface area contributed by atoms with E-state index >= 15 is 0 Å². The van der Waals surface area contributed by atoms with Gasteiger partial charge in [-0.2, -0.15) is 0 Å². The first-order valence-electron chi connectivity index (χ1n) is 5.69. The maximum atomic E-state index is 10.7. The average molecular weight is 235 g/mol. The topological polar surface area (TPSA) is 38.5 Å². The van der Waals surface area contributed by atoms with Crippen LogP contribution in [-0.2, 0) is 16.1 Å². The number of methoxy groups -OCH3 is 1. The minimum Gasteiger partial charge on any atom is -0.497 e. The summed E-state index contributed by atoms with van der Waals surface area (Å²) in [5.41, 5.74) is 1.25. The summed E-state index contributed by atoms with van der Waals surface area (Å²) in [7, 11) is 1.66. The molecule has 0 saturated carbocycles. The molecule has 0 amide bonds. The van der Waals surface area contributed by atoms with Gasteiger partial charge < -0.3 is 9.47 Å². The second-order valence-electron chi connectivity index (χ2n) is 4.23. The zero-order valence-corrected chi connectivity index (χ0v) is 10.2. The molecule has 1 aromatic carbocycles. The van der Waals surface area contributed by atoms with E-state index in [1.807, 2.05) is 12.1 Å². The third kappa shape index (κ3) is 3.46. The Balaban J connectivity index is 1.77. The van der Waals surface area contributed by atoms with Gasteiger partial charge in [-0.1, -0.05) is 12.1 Å². The van der Waals surface area contributed by atoms with E-state index in [0.717, 1.165) is 18.8 Å². The van der Waals surface area contributed by atoms with E-state index in [0.29, 0.717) is 12.6 Å². The summed E-state index contributed by atoms with van der Waals surface area (Å²) in [6.07, 6.45) is 0. The molecule has 2 rings (SSSR count). The number of rotatable bonds is 5. The molecule has 4 heteroatoms. The lowest BCUT2D eigenvalue weighted by Crippen LogP contribution is -2.11. The molecule has 17 heavy (non-hydrogen) atoms. The van der Waals surface area contributed by atoms with Gasteiger partial charge in [0.2, 0.25) is 0 Å². The van der Waals surface area contributed by atoms with Crippen molar-refractivity contribution in [2.75, 3.05) is 20.3 Å². The summed E-state index contributed by atoms with van der Waals surface area (Å²) in [6, 6.07) is 8.42. The number of hydrogen-bond acceptors (Lipinski definition) is 4. The van der Waals surface area contributed by atoms with Crippen molar-refractivity contribution in [2.45, 2.75) is 19.5 Å². The Bertz CT molecular complexity index is 388. The van der Waals surface area contributed by atoms with Gasteiger partial charge in [0.1, 0.15) is 12.4 Å². The maximum absolute atomic E-state index is 10.7. The van der Waals surface area contributed by atoms with Crippen LogP contribution in [0.15, 0.2) is 24.3 Å². The number of nitrogens with zero attached hydrogens (tertiary/aromatic N) is 1. The Morgan fingerprint density at radius 2 is 2.12 bits per heavy atom. The molecular weight excluding hydrogens is 218 g/mol. The molecule has 1 aromatic rings. The van der Waals surface area contributed by atoms with Crippen LogP contribution in [0, 0.1) is 0 Å². The first kappa shape index (κ1) is 11.9. The van der Waals surface area contributed by atoms with Crippen molar-refractivity contribution in [1.29, 1.82) is 0 Å². The summed E-state index contributed by atoms with van der Waals surface area (Å²) in [4.78, 5) is 12.9. The zero-order valence-electron chi connectivity index (χ0n) is 10.2. The van der Waals surface area contributed by atoms with Crippen molar-refractivity contribution in [2.24, 2.45) is 0 Å². The van der Waals surface area contributed by atoms with E-state index in [1.165, 1.54) is 12.5 Å². The summed E-state index contributed by atoms with van der Waals surface area (Å²) in [6.45, 7) is 3.84. The molecule has 2 unspecified atom stereocenters. The van der Waals surface area contributed by atoms with Crippen molar-refractivity contribution in [3.8, 4) is 5.75 Å².